The average molecular weight is 353 g/mol. The number of carbonyl (C=O) groups is 2. The van der Waals surface area contributed by atoms with E-state index < -0.39 is 17.9 Å². The number of carboxylic acids is 1. The van der Waals surface area contributed by atoms with Crippen molar-refractivity contribution in [3.63, 3.8) is 0 Å². The molecule has 6 heteroatoms. The second-order valence-corrected chi connectivity index (χ2v) is 6.50. The molecule has 0 aliphatic carbocycles. The Morgan fingerprint density at radius 3 is 2.54 bits per heavy atom. The summed E-state index contributed by atoms with van der Waals surface area (Å²) in [6.07, 6.45) is 0.00127. The summed E-state index contributed by atoms with van der Waals surface area (Å²) in [5.41, 5.74) is 1.72. The molecule has 2 aliphatic heterocycles. The number of amides is 1. The number of fused-ring (bicyclic) bond motifs is 1. The number of aliphatic carboxylic acids is 1. The Morgan fingerprint density at radius 1 is 1.08 bits per heavy atom. The first kappa shape index (κ1) is 16.4. The predicted octanol–water partition coefficient (Wildman–Crippen LogP) is 2.63. The lowest BCUT2D eigenvalue weighted by molar-refractivity contribution is -0.142. The smallest absolute Gasteiger partial charge is 0.309 e. The highest BCUT2D eigenvalue weighted by Crippen LogP contribution is 2.42. The second-order valence-electron chi connectivity index (χ2n) is 6.50. The van der Waals surface area contributed by atoms with Crippen LogP contribution >= 0.6 is 0 Å². The summed E-state index contributed by atoms with van der Waals surface area (Å²) in [5.74, 6) is -0.661. The van der Waals surface area contributed by atoms with Gasteiger partial charge in [-0.1, -0.05) is 36.4 Å². The molecule has 1 N–H and O–H groups in total. The molecular formula is C20H19NO5. The summed E-state index contributed by atoms with van der Waals surface area (Å²) in [5, 5.41) is 9.65. The normalized spacial score (nSPS) is 21.7. The molecule has 1 unspecified atom stereocenters. The minimum atomic E-state index is -0.964. The summed E-state index contributed by atoms with van der Waals surface area (Å²) < 4.78 is 11.2. The monoisotopic (exact) mass is 353 g/mol. The third-order valence-corrected chi connectivity index (χ3v) is 4.85. The lowest BCUT2D eigenvalue weighted by Crippen LogP contribution is -2.30. The number of carboxylic acid groups (broad SMARTS) is 1. The van der Waals surface area contributed by atoms with E-state index in [4.69, 9.17) is 9.47 Å². The molecule has 6 nitrogen and oxygen atoms in total. The molecule has 0 spiro atoms. The minimum Gasteiger partial charge on any atom is -0.486 e. The van der Waals surface area contributed by atoms with Crippen LogP contribution in [0.15, 0.2) is 48.5 Å². The standard InChI is InChI=1S/C20H19NO5/c22-18-11-15(20(23)24)19(21(18)12-13-4-2-1-3-5-13)14-6-7-16-17(10-14)26-9-8-25-16/h1-7,10,15,19H,8-9,11-12H2,(H,23,24)/t15?,19-/m1/s1. The van der Waals surface area contributed by atoms with Gasteiger partial charge in [0.25, 0.3) is 0 Å². The van der Waals surface area contributed by atoms with E-state index in [1.807, 2.05) is 36.4 Å². The average Bonchev–Trinajstić information content (AvgIpc) is 2.99. The van der Waals surface area contributed by atoms with Gasteiger partial charge in [0.1, 0.15) is 13.2 Å². The zero-order valence-electron chi connectivity index (χ0n) is 14.1. The van der Waals surface area contributed by atoms with E-state index in [2.05, 4.69) is 0 Å². The summed E-state index contributed by atoms with van der Waals surface area (Å²) in [6.45, 7) is 1.32. The lowest BCUT2D eigenvalue weighted by atomic mass is 9.93. The van der Waals surface area contributed by atoms with Gasteiger partial charge in [-0.2, -0.15) is 0 Å². The third-order valence-electron chi connectivity index (χ3n) is 4.85. The number of rotatable bonds is 4. The Balaban J connectivity index is 1.70. The Hall–Kier alpha value is -3.02. The highest BCUT2D eigenvalue weighted by molar-refractivity contribution is 5.87. The minimum absolute atomic E-state index is 0.00127. The third kappa shape index (κ3) is 2.98. The van der Waals surface area contributed by atoms with Crippen molar-refractivity contribution < 1.29 is 24.2 Å². The van der Waals surface area contributed by atoms with Gasteiger partial charge in [-0.15, -0.1) is 0 Å². The molecule has 1 saturated heterocycles. The van der Waals surface area contributed by atoms with E-state index in [0.717, 1.165) is 11.1 Å². The van der Waals surface area contributed by atoms with Gasteiger partial charge < -0.3 is 19.5 Å². The quantitative estimate of drug-likeness (QED) is 0.914. The highest BCUT2D eigenvalue weighted by atomic mass is 16.6. The first-order valence-electron chi connectivity index (χ1n) is 8.59. The molecule has 2 aromatic rings. The second kappa shape index (κ2) is 6.71. The summed E-state index contributed by atoms with van der Waals surface area (Å²) >= 11 is 0. The molecule has 2 aliphatic rings. The van der Waals surface area contributed by atoms with Crippen LogP contribution in [0.3, 0.4) is 0 Å². The van der Waals surface area contributed by atoms with Gasteiger partial charge in [0.2, 0.25) is 5.91 Å². The maximum atomic E-state index is 12.6. The fourth-order valence-corrected chi connectivity index (χ4v) is 3.63. The van der Waals surface area contributed by atoms with Crippen LogP contribution in [-0.4, -0.2) is 35.1 Å². The van der Waals surface area contributed by atoms with Crippen molar-refractivity contribution in [2.45, 2.75) is 19.0 Å². The molecule has 0 saturated carbocycles. The molecule has 2 heterocycles. The number of hydrogen-bond donors (Lipinski definition) is 1. The van der Waals surface area contributed by atoms with Crippen LogP contribution in [0, 0.1) is 5.92 Å². The molecule has 0 bridgehead atoms. The fourth-order valence-electron chi connectivity index (χ4n) is 3.63. The van der Waals surface area contributed by atoms with Crippen LogP contribution in [0.4, 0.5) is 0 Å². The molecule has 0 aromatic heterocycles. The summed E-state index contributed by atoms with van der Waals surface area (Å²) in [7, 11) is 0. The molecule has 0 radical (unpaired) electrons. The van der Waals surface area contributed by atoms with Gasteiger partial charge in [-0.3, -0.25) is 9.59 Å². The van der Waals surface area contributed by atoms with Crippen molar-refractivity contribution in [3.05, 3.63) is 59.7 Å². The summed E-state index contributed by atoms with van der Waals surface area (Å²) in [4.78, 5) is 26.0. The molecule has 2 aromatic carbocycles. The number of benzene rings is 2. The number of likely N-dealkylation sites (tertiary alicyclic amines) is 1. The number of hydrogen-bond acceptors (Lipinski definition) is 4. The van der Waals surface area contributed by atoms with E-state index in [1.165, 1.54) is 0 Å². The van der Waals surface area contributed by atoms with Gasteiger partial charge in [-0.25, -0.2) is 0 Å². The van der Waals surface area contributed by atoms with Crippen molar-refractivity contribution in [1.29, 1.82) is 0 Å². The Bertz CT molecular complexity index is 835. The maximum absolute atomic E-state index is 12.6. The van der Waals surface area contributed by atoms with Gasteiger partial charge in [0.05, 0.1) is 12.0 Å². The highest BCUT2D eigenvalue weighted by Gasteiger charge is 2.44. The van der Waals surface area contributed by atoms with E-state index in [9.17, 15) is 14.7 Å². The van der Waals surface area contributed by atoms with Gasteiger partial charge in [0, 0.05) is 13.0 Å². The van der Waals surface area contributed by atoms with Gasteiger partial charge in [0.15, 0.2) is 11.5 Å². The van der Waals surface area contributed by atoms with E-state index >= 15 is 0 Å². The van der Waals surface area contributed by atoms with Crippen molar-refractivity contribution in [2.24, 2.45) is 5.92 Å². The maximum Gasteiger partial charge on any atom is 0.309 e. The SMILES string of the molecule is O=C(O)C1CC(=O)N(Cc2ccccc2)[C@@H]1c1ccc2c(c1)OCCO2. The largest absolute Gasteiger partial charge is 0.486 e. The molecule has 2 atom stereocenters. The number of nitrogens with zero attached hydrogens (tertiary/aromatic N) is 1. The van der Waals surface area contributed by atoms with Crippen LogP contribution in [0.5, 0.6) is 11.5 Å². The molecule has 4 rings (SSSR count). The molecule has 26 heavy (non-hydrogen) atoms. The molecule has 1 fully saturated rings. The van der Waals surface area contributed by atoms with E-state index in [-0.39, 0.29) is 12.3 Å². The van der Waals surface area contributed by atoms with Gasteiger partial charge in [-0.05, 0) is 23.3 Å². The van der Waals surface area contributed by atoms with Crippen LogP contribution in [0.25, 0.3) is 0 Å². The van der Waals surface area contributed by atoms with E-state index in [0.29, 0.717) is 31.3 Å². The van der Waals surface area contributed by atoms with Crippen LogP contribution in [-0.2, 0) is 16.1 Å². The zero-order chi connectivity index (χ0) is 18.1. The summed E-state index contributed by atoms with van der Waals surface area (Å²) in [6, 6.07) is 14.5. The van der Waals surface area contributed by atoms with Crippen LogP contribution in [0.1, 0.15) is 23.6 Å². The zero-order valence-corrected chi connectivity index (χ0v) is 14.1. The first-order valence-corrected chi connectivity index (χ1v) is 8.59. The topological polar surface area (TPSA) is 76.1 Å². The van der Waals surface area contributed by atoms with Crippen molar-refractivity contribution in [3.8, 4) is 11.5 Å². The molecular weight excluding hydrogens is 334 g/mol. The molecule has 1 amide bonds. The first-order chi connectivity index (χ1) is 12.6. The predicted molar refractivity (Wildman–Crippen MR) is 92.9 cm³/mol. The lowest BCUT2D eigenvalue weighted by Gasteiger charge is -2.28. The Morgan fingerprint density at radius 2 is 1.81 bits per heavy atom. The van der Waals surface area contributed by atoms with Crippen LogP contribution in [0.2, 0.25) is 0 Å². The van der Waals surface area contributed by atoms with Crippen LogP contribution < -0.4 is 9.47 Å². The van der Waals surface area contributed by atoms with Crippen molar-refractivity contribution >= 4 is 11.9 Å². The van der Waals surface area contributed by atoms with Crippen molar-refractivity contribution in [1.82, 2.24) is 4.90 Å². The van der Waals surface area contributed by atoms with Crippen molar-refractivity contribution in [2.75, 3.05) is 13.2 Å². The number of carbonyl (C=O) groups excluding carboxylic acids is 1. The van der Waals surface area contributed by atoms with E-state index in [1.54, 1.807) is 17.0 Å². The Kier molecular flexibility index (Phi) is 4.24. The fraction of sp³-hybridized carbons (Fsp3) is 0.300. The molecule has 134 valence electrons. The Labute approximate surface area is 151 Å². The number of ether oxygens (including phenoxy) is 2. The van der Waals surface area contributed by atoms with Gasteiger partial charge >= 0.3 is 5.97 Å².